The lowest BCUT2D eigenvalue weighted by Gasteiger charge is -2.29. The minimum absolute atomic E-state index is 0.157. The standard InChI is InChI=1S/C28H29FN6O3/c1-34(2)15-22-20(28(37-3)9-11-38-16-28)5-7-24(33-22)32-21-6-4-18(19-13-31-27(36)26(19)21)23-14-30-25-12-17(29)8-10-35(23)25/h4-8,10,12,14H,9,11,13,15-16H2,1-3H3,(H,31,36)(H,32,33)/t28-/m1/s1. The van der Waals surface area contributed by atoms with E-state index in [1.165, 1.54) is 12.1 Å². The molecule has 0 spiro atoms. The van der Waals surface area contributed by atoms with E-state index in [0.29, 0.717) is 49.0 Å². The number of benzene rings is 1. The first-order chi connectivity index (χ1) is 18.4. The number of carbonyl (C=O) groups is 1. The van der Waals surface area contributed by atoms with Crippen LogP contribution < -0.4 is 10.6 Å². The van der Waals surface area contributed by atoms with E-state index in [4.69, 9.17) is 14.5 Å². The fraction of sp³-hybridized carbons (Fsp3) is 0.321. The fourth-order valence-electron chi connectivity index (χ4n) is 5.42. The zero-order chi connectivity index (χ0) is 26.4. The van der Waals surface area contributed by atoms with E-state index >= 15 is 0 Å². The molecule has 196 valence electrons. The molecule has 0 radical (unpaired) electrons. The van der Waals surface area contributed by atoms with Crippen molar-refractivity contribution in [3.8, 4) is 11.3 Å². The zero-order valence-corrected chi connectivity index (χ0v) is 21.5. The van der Waals surface area contributed by atoms with Crippen LogP contribution in [-0.4, -0.2) is 59.6 Å². The number of hydrogen-bond donors (Lipinski definition) is 2. The van der Waals surface area contributed by atoms with Crippen molar-refractivity contribution in [1.82, 2.24) is 24.6 Å². The highest BCUT2D eigenvalue weighted by Crippen LogP contribution is 2.38. The topological polar surface area (TPSA) is 93.0 Å². The smallest absolute Gasteiger partial charge is 0.254 e. The molecule has 1 amide bonds. The molecule has 0 saturated carbocycles. The van der Waals surface area contributed by atoms with Gasteiger partial charge < -0.3 is 25.0 Å². The highest BCUT2D eigenvalue weighted by atomic mass is 19.1. The summed E-state index contributed by atoms with van der Waals surface area (Å²) in [5.41, 5.74) is 5.64. The third-order valence-corrected chi connectivity index (χ3v) is 7.29. The first-order valence-corrected chi connectivity index (χ1v) is 12.5. The van der Waals surface area contributed by atoms with E-state index < -0.39 is 5.60 Å². The minimum Gasteiger partial charge on any atom is -0.378 e. The largest absolute Gasteiger partial charge is 0.378 e. The first-order valence-electron chi connectivity index (χ1n) is 12.5. The molecule has 1 saturated heterocycles. The molecule has 6 rings (SSSR count). The SMILES string of the molecule is CO[C@]1(c2ccc(Nc3ccc(-c4cnc5cc(F)ccn45)c4c3C(=O)NC4)nc2CN(C)C)CCOC1. The Hall–Kier alpha value is -3.86. The molecule has 5 heterocycles. The van der Waals surface area contributed by atoms with Crippen LogP contribution in [0.5, 0.6) is 0 Å². The zero-order valence-electron chi connectivity index (χ0n) is 21.5. The van der Waals surface area contributed by atoms with Gasteiger partial charge >= 0.3 is 0 Å². The predicted molar refractivity (Wildman–Crippen MR) is 141 cm³/mol. The Labute approximate surface area is 219 Å². The molecule has 10 heteroatoms. The lowest BCUT2D eigenvalue weighted by atomic mass is 9.91. The van der Waals surface area contributed by atoms with E-state index in [0.717, 1.165) is 34.5 Å². The van der Waals surface area contributed by atoms with Crippen molar-refractivity contribution in [3.05, 3.63) is 77.0 Å². The lowest BCUT2D eigenvalue weighted by molar-refractivity contribution is -0.0225. The van der Waals surface area contributed by atoms with E-state index in [2.05, 4.69) is 20.5 Å². The second kappa shape index (κ2) is 9.46. The van der Waals surface area contributed by atoms with Crippen LogP contribution >= 0.6 is 0 Å². The minimum atomic E-state index is -0.517. The molecule has 1 atom stereocenters. The number of pyridine rings is 2. The Balaban J connectivity index is 1.39. The number of methoxy groups -OCH3 is 1. The number of aromatic nitrogens is 3. The van der Waals surface area contributed by atoms with Crippen LogP contribution in [0.3, 0.4) is 0 Å². The van der Waals surface area contributed by atoms with Gasteiger partial charge in [0.1, 0.15) is 22.9 Å². The van der Waals surface area contributed by atoms with Crippen molar-refractivity contribution < 1.29 is 18.7 Å². The molecule has 2 aliphatic heterocycles. The average Bonchev–Trinajstić information content (AvgIpc) is 3.63. The Kier molecular flexibility index (Phi) is 6.10. The summed E-state index contributed by atoms with van der Waals surface area (Å²) in [5, 5.41) is 6.32. The molecular formula is C28H29FN6O3. The van der Waals surface area contributed by atoms with Gasteiger partial charge in [0, 0.05) is 56.6 Å². The third kappa shape index (κ3) is 4.10. The number of ether oxygens (including phenoxy) is 2. The number of anilines is 2. The van der Waals surface area contributed by atoms with Gasteiger partial charge in [-0.25, -0.2) is 14.4 Å². The maximum Gasteiger partial charge on any atom is 0.254 e. The fourth-order valence-corrected chi connectivity index (χ4v) is 5.42. The van der Waals surface area contributed by atoms with Gasteiger partial charge in [-0.2, -0.15) is 0 Å². The van der Waals surface area contributed by atoms with Gasteiger partial charge in [-0.15, -0.1) is 0 Å². The highest BCUT2D eigenvalue weighted by molar-refractivity contribution is 6.06. The van der Waals surface area contributed by atoms with Crippen molar-refractivity contribution in [2.75, 3.05) is 39.7 Å². The first kappa shape index (κ1) is 24.5. The number of halogens is 1. The van der Waals surface area contributed by atoms with Gasteiger partial charge in [0.15, 0.2) is 0 Å². The van der Waals surface area contributed by atoms with Crippen molar-refractivity contribution in [1.29, 1.82) is 0 Å². The van der Waals surface area contributed by atoms with Crippen LogP contribution in [0, 0.1) is 5.82 Å². The Morgan fingerprint density at radius 1 is 1.26 bits per heavy atom. The van der Waals surface area contributed by atoms with Crippen LogP contribution in [-0.2, 0) is 28.2 Å². The van der Waals surface area contributed by atoms with Crippen molar-refractivity contribution in [3.63, 3.8) is 0 Å². The average molecular weight is 517 g/mol. The summed E-state index contributed by atoms with van der Waals surface area (Å²) in [4.78, 5) is 24.3. The van der Waals surface area contributed by atoms with Crippen LogP contribution in [0.15, 0.2) is 48.8 Å². The van der Waals surface area contributed by atoms with E-state index in [9.17, 15) is 9.18 Å². The maximum absolute atomic E-state index is 13.7. The number of nitrogens with one attached hydrogen (secondary N) is 2. The molecule has 9 nitrogen and oxygen atoms in total. The van der Waals surface area contributed by atoms with Gasteiger partial charge in [-0.05, 0) is 37.9 Å². The maximum atomic E-state index is 13.7. The number of amides is 1. The molecule has 2 aliphatic rings. The van der Waals surface area contributed by atoms with Gasteiger partial charge in [0.05, 0.1) is 35.4 Å². The number of carbonyl (C=O) groups excluding carboxylic acids is 1. The molecule has 1 fully saturated rings. The van der Waals surface area contributed by atoms with Gasteiger partial charge in [0.25, 0.3) is 5.91 Å². The van der Waals surface area contributed by atoms with E-state index in [-0.39, 0.29) is 11.7 Å². The molecule has 3 aromatic heterocycles. The number of fused-ring (bicyclic) bond motifs is 2. The second-order valence-electron chi connectivity index (χ2n) is 9.97. The second-order valence-corrected chi connectivity index (χ2v) is 9.97. The van der Waals surface area contributed by atoms with Crippen LogP contribution in [0.1, 0.15) is 33.6 Å². The molecule has 1 aromatic carbocycles. The number of hydrogen-bond acceptors (Lipinski definition) is 7. The molecule has 38 heavy (non-hydrogen) atoms. The molecule has 2 N–H and O–H groups in total. The Morgan fingerprint density at radius 3 is 2.89 bits per heavy atom. The molecular weight excluding hydrogens is 487 g/mol. The third-order valence-electron chi connectivity index (χ3n) is 7.29. The van der Waals surface area contributed by atoms with Crippen LogP contribution in [0.25, 0.3) is 16.9 Å². The quantitative estimate of drug-likeness (QED) is 0.386. The summed E-state index contributed by atoms with van der Waals surface area (Å²) in [6.07, 6.45) is 4.12. The lowest BCUT2D eigenvalue weighted by Crippen LogP contribution is -2.31. The van der Waals surface area contributed by atoms with Gasteiger partial charge in [-0.3, -0.25) is 9.20 Å². The van der Waals surface area contributed by atoms with E-state index in [1.807, 2.05) is 42.8 Å². The van der Waals surface area contributed by atoms with Gasteiger partial charge in [0.2, 0.25) is 0 Å². The summed E-state index contributed by atoms with van der Waals surface area (Å²) in [6.45, 7) is 2.15. The number of rotatable bonds is 7. The monoisotopic (exact) mass is 516 g/mol. The summed E-state index contributed by atoms with van der Waals surface area (Å²) in [7, 11) is 5.71. The Bertz CT molecular complexity index is 1540. The number of imidazole rings is 1. The molecule has 0 unspecified atom stereocenters. The number of nitrogens with zero attached hydrogens (tertiary/aromatic N) is 4. The van der Waals surface area contributed by atoms with Crippen LogP contribution in [0.4, 0.5) is 15.9 Å². The summed E-state index contributed by atoms with van der Waals surface area (Å²) < 4.78 is 27.1. The molecule has 4 aromatic rings. The Morgan fingerprint density at radius 2 is 2.13 bits per heavy atom. The summed E-state index contributed by atoms with van der Waals surface area (Å²) in [6, 6.07) is 10.6. The van der Waals surface area contributed by atoms with Crippen LogP contribution in [0.2, 0.25) is 0 Å². The molecule has 0 bridgehead atoms. The molecule has 0 aliphatic carbocycles. The normalized spacial score (nSPS) is 18.8. The summed E-state index contributed by atoms with van der Waals surface area (Å²) in [5.74, 6) is 0.131. The van der Waals surface area contributed by atoms with Crippen molar-refractivity contribution in [2.45, 2.75) is 25.1 Å². The van der Waals surface area contributed by atoms with Crippen molar-refractivity contribution >= 4 is 23.1 Å². The van der Waals surface area contributed by atoms with Crippen molar-refractivity contribution in [2.24, 2.45) is 0 Å². The van der Waals surface area contributed by atoms with E-state index in [1.54, 1.807) is 19.5 Å². The van der Waals surface area contributed by atoms with Gasteiger partial charge in [-0.1, -0.05) is 12.1 Å². The highest BCUT2D eigenvalue weighted by Gasteiger charge is 2.39. The summed E-state index contributed by atoms with van der Waals surface area (Å²) >= 11 is 0. The predicted octanol–water partition coefficient (Wildman–Crippen LogP) is 3.85.